The number of fused-ring (bicyclic) bond motifs is 1. The fourth-order valence-corrected chi connectivity index (χ4v) is 2.01. The first kappa shape index (κ1) is 15.5. The minimum atomic E-state index is -0.424. The molecule has 1 amide bonds. The zero-order chi connectivity index (χ0) is 15.8. The van der Waals surface area contributed by atoms with Crippen LogP contribution >= 0.6 is 0 Å². The maximum atomic E-state index is 11.8. The van der Waals surface area contributed by atoms with Crippen molar-refractivity contribution < 1.29 is 9.53 Å². The van der Waals surface area contributed by atoms with Gasteiger partial charge in [-0.05, 0) is 11.5 Å². The summed E-state index contributed by atoms with van der Waals surface area (Å²) in [4.78, 5) is 11.8. The third-order valence-corrected chi connectivity index (χ3v) is 3.12. The van der Waals surface area contributed by atoms with E-state index < -0.39 is 5.91 Å². The molecular weight excluding hydrogens is 278 g/mol. The fourth-order valence-electron chi connectivity index (χ4n) is 2.01. The predicted molar refractivity (Wildman–Crippen MR) is 86.2 cm³/mol. The molecule has 0 aliphatic heterocycles. The van der Waals surface area contributed by atoms with Crippen LogP contribution in [0, 0.1) is 11.3 Å². The van der Waals surface area contributed by atoms with Gasteiger partial charge < -0.3 is 15.4 Å². The second kappa shape index (κ2) is 7.81. The van der Waals surface area contributed by atoms with Gasteiger partial charge in [-0.1, -0.05) is 36.4 Å². The van der Waals surface area contributed by atoms with Crippen LogP contribution in [0.2, 0.25) is 0 Å². The van der Waals surface area contributed by atoms with Gasteiger partial charge in [0.15, 0.2) is 0 Å². The third kappa shape index (κ3) is 3.84. The van der Waals surface area contributed by atoms with Crippen molar-refractivity contribution in [2.24, 2.45) is 0 Å². The topological polar surface area (TPSA) is 74.1 Å². The number of ether oxygens (including phenoxy) is 1. The van der Waals surface area contributed by atoms with Crippen molar-refractivity contribution in [3.05, 3.63) is 54.2 Å². The van der Waals surface area contributed by atoms with Gasteiger partial charge in [0.1, 0.15) is 11.6 Å². The Morgan fingerprint density at radius 3 is 2.82 bits per heavy atom. The van der Waals surface area contributed by atoms with Crippen LogP contribution in [0.4, 0.5) is 5.69 Å². The van der Waals surface area contributed by atoms with E-state index in [0.717, 1.165) is 16.5 Å². The van der Waals surface area contributed by atoms with Gasteiger partial charge in [0.05, 0.1) is 6.61 Å². The lowest BCUT2D eigenvalue weighted by Crippen LogP contribution is -2.28. The molecule has 5 nitrogen and oxygen atoms in total. The maximum Gasteiger partial charge on any atom is 0.263 e. The minimum Gasteiger partial charge on any atom is -0.383 e. The molecule has 0 aromatic heterocycles. The Morgan fingerprint density at radius 2 is 2.05 bits per heavy atom. The van der Waals surface area contributed by atoms with Gasteiger partial charge in [-0.3, -0.25) is 4.79 Å². The summed E-state index contributed by atoms with van der Waals surface area (Å²) in [5.41, 5.74) is 0.861. The first-order valence-corrected chi connectivity index (χ1v) is 6.88. The molecule has 0 atom stereocenters. The predicted octanol–water partition coefficient (Wildman–Crippen LogP) is 2.42. The second-order valence-electron chi connectivity index (χ2n) is 4.59. The lowest BCUT2D eigenvalue weighted by atomic mass is 10.1. The zero-order valence-corrected chi connectivity index (χ0v) is 12.3. The number of carbonyl (C=O) groups is 1. The summed E-state index contributed by atoms with van der Waals surface area (Å²) >= 11 is 0. The lowest BCUT2D eigenvalue weighted by Gasteiger charge is -2.07. The quantitative estimate of drug-likeness (QED) is 0.487. The molecule has 0 radical (unpaired) electrons. The molecule has 0 bridgehead atoms. The SMILES string of the molecule is COCCNC(=O)/C(C#N)=C\Nc1cccc2ccccc12. The van der Waals surface area contributed by atoms with E-state index in [2.05, 4.69) is 10.6 Å². The van der Waals surface area contributed by atoms with Crippen LogP contribution in [0.3, 0.4) is 0 Å². The molecule has 0 saturated heterocycles. The molecular formula is C17H17N3O2. The number of amides is 1. The highest BCUT2D eigenvalue weighted by atomic mass is 16.5. The standard InChI is InChI=1S/C17H17N3O2/c1-22-10-9-19-17(21)14(11-18)12-20-16-8-4-6-13-5-2-3-7-15(13)16/h2-8,12,20H,9-10H2,1H3,(H,19,21)/b14-12-. The van der Waals surface area contributed by atoms with Crippen molar-refractivity contribution in [1.82, 2.24) is 5.32 Å². The first-order valence-electron chi connectivity index (χ1n) is 6.88. The van der Waals surface area contributed by atoms with E-state index in [9.17, 15) is 4.79 Å². The Balaban J connectivity index is 2.14. The summed E-state index contributed by atoms with van der Waals surface area (Å²) in [5.74, 6) is -0.424. The number of nitrogens with zero attached hydrogens (tertiary/aromatic N) is 1. The second-order valence-corrected chi connectivity index (χ2v) is 4.59. The van der Waals surface area contributed by atoms with E-state index in [1.807, 2.05) is 48.5 Å². The van der Waals surface area contributed by atoms with Gasteiger partial charge >= 0.3 is 0 Å². The summed E-state index contributed by atoms with van der Waals surface area (Å²) in [5, 5.41) is 16.9. The Bertz CT molecular complexity index is 727. The molecule has 5 heteroatoms. The Hall–Kier alpha value is -2.84. The van der Waals surface area contributed by atoms with E-state index in [0.29, 0.717) is 13.2 Å². The molecule has 0 aliphatic rings. The highest BCUT2D eigenvalue weighted by Gasteiger charge is 2.08. The lowest BCUT2D eigenvalue weighted by molar-refractivity contribution is -0.117. The maximum absolute atomic E-state index is 11.8. The summed E-state index contributed by atoms with van der Waals surface area (Å²) < 4.78 is 4.85. The number of rotatable bonds is 6. The van der Waals surface area contributed by atoms with Gasteiger partial charge in [-0.2, -0.15) is 5.26 Å². The number of anilines is 1. The van der Waals surface area contributed by atoms with Crippen LogP contribution in [0.25, 0.3) is 10.8 Å². The third-order valence-electron chi connectivity index (χ3n) is 3.12. The number of hydrogen-bond acceptors (Lipinski definition) is 4. The van der Waals surface area contributed by atoms with Crippen molar-refractivity contribution >= 4 is 22.4 Å². The van der Waals surface area contributed by atoms with E-state index in [4.69, 9.17) is 10.00 Å². The van der Waals surface area contributed by atoms with E-state index >= 15 is 0 Å². The van der Waals surface area contributed by atoms with Crippen molar-refractivity contribution in [3.63, 3.8) is 0 Å². The highest BCUT2D eigenvalue weighted by molar-refractivity contribution is 5.98. The molecule has 112 valence electrons. The summed E-state index contributed by atoms with van der Waals surface area (Å²) in [7, 11) is 1.55. The average molecular weight is 295 g/mol. The van der Waals surface area contributed by atoms with E-state index in [-0.39, 0.29) is 5.57 Å². The fraction of sp³-hybridized carbons (Fsp3) is 0.176. The number of nitriles is 1. The van der Waals surface area contributed by atoms with Gasteiger partial charge in [-0.15, -0.1) is 0 Å². The molecule has 2 aromatic carbocycles. The molecule has 0 heterocycles. The van der Waals surface area contributed by atoms with Crippen LogP contribution in [0.5, 0.6) is 0 Å². The van der Waals surface area contributed by atoms with Gasteiger partial charge in [0.25, 0.3) is 5.91 Å². The van der Waals surface area contributed by atoms with Gasteiger partial charge in [-0.25, -0.2) is 0 Å². The monoisotopic (exact) mass is 295 g/mol. The van der Waals surface area contributed by atoms with Crippen molar-refractivity contribution in [2.75, 3.05) is 25.6 Å². The molecule has 0 spiro atoms. The van der Waals surface area contributed by atoms with Gasteiger partial charge in [0.2, 0.25) is 0 Å². The zero-order valence-electron chi connectivity index (χ0n) is 12.3. The van der Waals surface area contributed by atoms with Crippen LogP contribution < -0.4 is 10.6 Å². The molecule has 2 aromatic rings. The molecule has 0 aliphatic carbocycles. The van der Waals surface area contributed by atoms with Crippen LogP contribution in [0.15, 0.2) is 54.2 Å². The number of benzene rings is 2. The normalized spacial score (nSPS) is 11.0. The van der Waals surface area contributed by atoms with Crippen LogP contribution in [-0.2, 0) is 9.53 Å². The van der Waals surface area contributed by atoms with E-state index in [1.165, 1.54) is 6.20 Å². The molecule has 2 rings (SSSR count). The highest BCUT2D eigenvalue weighted by Crippen LogP contribution is 2.23. The molecule has 0 saturated carbocycles. The Labute approximate surface area is 129 Å². The molecule has 0 unspecified atom stereocenters. The molecule has 0 fully saturated rings. The first-order chi connectivity index (χ1) is 10.8. The van der Waals surface area contributed by atoms with E-state index in [1.54, 1.807) is 7.11 Å². The largest absolute Gasteiger partial charge is 0.383 e. The average Bonchev–Trinajstić information content (AvgIpc) is 2.56. The van der Waals surface area contributed by atoms with Crippen LogP contribution in [-0.4, -0.2) is 26.2 Å². The number of hydrogen-bond donors (Lipinski definition) is 2. The smallest absolute Gasteiger partial charge is 0.263 e. The Morgan fingerprint density at radius 1 is 1.27 bits per heavy atom. The summed E-state index contributed by atoms with van der Waals surface area (Å²) in [6.07, 6.45) is 1.42. The minimum absolute atomic E-state index is 0.0176. The number of methoxy groups -OCH3 is 1. The van der Waals surface area contributed by atoms with Crippen molar-refractivity contribution in [1.29, 1.82) is 5.26 Å². The van der Waals surface area contributed by atoms with Crippen molar-refractivity contribution in [2.45, 2.75) is 0 Å². The van der Waals surface area contributed by atoms with Crippen LogP contribution in [0.1, 0.15) is 0 Å². The molecule has 22 heavy (non-hydrogen) atoms. The summed E-state index contributed by atoms with van der Waals surface area (Å²) in [6, 6.07) is 15.6. The van der Waals surface area contributed by atoms with Gasteiger partial charge in [0, 0.05) is 30.9 Å². The molecule has 2 N–H and O–H groups in total. The van der Waals surface area contributed by atoms with Crippen molar-refractivity contribution in [3.8, 4) is 6.07 Å². The number of nitrogens with one attached hydrogen (secondary N) is 2. The Kier molecular flexibility index (Phi) is 5.52. The number of carbonyl (C=O) groups excluding carboxylic acids is 1. The summed E-state index contributed by atoms with van der Waals surface area (Å²) in [6.45, 7) is 0.768.